The van der Waals surface area contributed by atoms with Gasteiger partial charge in [-0.3, -0.25) is 4.90 Å². The lowest BCUT2D eigenvalue weighted by Crippen LogP contribution is -2.30. The van der Waals surface area contributed by atoms with Gasteiger partial charge in [-0.15, -0.1) is 0 Å². The van der Waals surface area contributed by atoms with Gasteiger partial charge in [-0.05, 0) is 33.4 Å². The summed E-state index contributed by atoms with van der Waals surface area (Å²) in [6.07, 6.45) is 2.16. The van der Waals surface area contributed by atoms with Crippen molar-refractivity contribution < 1.29 is 9.53 Å². The number of esters is 1. The van der Waals surface area contributed by atoms with E-state index in [2.05, 4.69) is 11.5 Å². The molecule has 3 nitrogen and oxygen atoms in total. The van der Waals surface area contributed by atoms with E-state index in [1.165, 1.54) is 0 Å². The van der Waals surface area contributed by atoms with Crippen molar-refractivity contribution in [2.24, 2.45) is 0 Å². The number of hydrogen-bond acceptors (Lipinski definition) is 3. The largest absolute Gasteiger partial charge is 0.463 e. The first-order chi connectivity index (χ1) is 6.16. The second-order valence-corrected chi connectivity index (χ2v) is 3.38. The molecule has 1 heterocycles. The molecule has 0 unspecified atom stereocenters. The van der Waals surface area contributed by atoms with Crippen LogP contribution in [0, 0.1) is 0 Å². The van der Waals surface area contributed by atoms with Gasteiger partial charge in [0.1, 0.15) is 0 Å². The van der Waals surface area contributed by atoms with E-state index in [4.69, 9.17) is 4.74 Å². The maximum absolute atomic E-state index is 11.3. The van der Waals surface area contributed by atoms with Crippen LogP contribution in [0.1, 0.15) is 19.8 Å². The average molecular weight is 183 g/mol. The summed E-state index contributed by atoms with van der Waals surface area (Å²) in [5.74, 6) is -0.249. The normalized spacial score (nSPS) is 23.1. The summed E-state index contributed by atoms with van der Waals surface area (Å²) < 4.78 is 4.90. The molecule has 0 amide bonds. The summed E-state index contributed by atoms with van der Waals surface area (Å²) in [4.78, 5) is 13.5. The number of carbonyl (C=O) groups excluding carboxylic acids is 1. The molecule has 0 saturated carbocycles. The van der Waals surface area contributed by atoms with E-state index in [9.17, 15) is 4.79 Å². The van der Waals surface area contributed by atoms with Crippen molar-refractivity contribution >= 4 is 5.97 Å². The Morgan fingerprint density at radius 3 is 2.85 bits per heavy atom. The molecule has 0 aromatic carbocycles. The minimum Gasteiger partial charge on any atom is -0.463 e. The van der Waals surface area contributed by atoms with Crippen molar-refractivity contribution in [2.75, 3.05) is 20.2 Å². The Morgan fingerprint density at radius 2 is 2.38 bits per heavy atom. The first-order valence-electron chi connectivity index (χ1n) is 4.73. The van der Waals surface area contributed by atoms with Gasteiger partial charge in [0, 0.05) is 11.6 Å². The highest BCUT2D eigenvalue weighted by molar-refractivity contribution is 5.89. The van der Waals surface area contributed by atoms with E-state index in [0.29, 0.717) is 12.2 Å². The molecule has 0 aromatic rings. The highest BCUT2D eigenvalue weighted by atomic mass is 16.5. The quantitative estimate of drug-likeness (QED) is 0.486. The highest BCUT2D eigenvalue weighted by Gasteiger charge is 2.27. The number of rotatable bonds is 3. The fourth-order valence-corrected chi connectivity index (χ4v) is 1.71. The van der Waals surface area contributed by atoms with Crippen molar-refractivity contribution in [1.29, 1.82) is 0 Å². The molecule has 0 bridgehead atoms. The molecular formula is C10H17NO2. The zero-order valence-corrected chi connectivity index (χ0v) is 8.38. The third-order valence-corrected chi connectivity index (χ3v) is 2.46. The molecule has 74 valence electrons. The molecule has 1 atom stereocenters. The van der Waals surface area contributed by atoms with Crippen molar-refractivity contribution in [1.82, 2.24) is 4.90 Å². The minimum atomic E-state index is -0.249. The highest BCUT2D eigenvalue weighted by Crippen LogP contribution is 2.21. The maximum Gasteiger partial charge on any atom is 0.335 e. The summed E-state index contributed by atoms with van der Waals surface area (Å²) in [5.41, 5.74) is 0.599. The molecule has 0 aliphatic carbocycles. The van der Waals surface area contributed by atoms with Gasteiger partial charge in [0.2, 0.25) is 0 Å². The lowest BCUT2D eigenvalue weighted by Gasteiger charge is -2.20. The number of likely N-dealkylation sites (N-methyl/N-ethyl adjacent to an activating group) is 1. The van der Waals surface area contributed by atoms with E-state index >= 15 is 0 Å². The number of hydrogen-bond donors (Lipinski definition) is 0. The van der Waals surface area contributed by atoms with Crippen LogP contribution in [0.3, 0.4) is 0 Å². The lowest BCUT2D eigenvalue weighted by atomic mass is 10.1. The maximum atomic E-state index is 11.3. The summed E-state index contributed by atoms with van der Waals surface area (Å²) >= 11 is 0. The van der Waals surface area contributed by atoms with Gasteiger partial charge < -0.3 is 4.74 Å². The Hall–Kier alpha value is -0.830. The third kappa shape index (κ3) is 2.31. The van der Waals surface area contributed by atoms with Crippen LogP contribution in [0.5, 0.6) is 0 Å². The second kappa shape index (κ2) is 4.42. The SMILES string of the molecule is C=C(C(=O)OCC)[C@@H]1CCCN1C. The van der Waals surface area contributed by atoms with Gasteiger partial charge in [-0.1, -0.05) is 6.58 Å². The molecule has 1 fully saturated rings. The molecule has 13 heavy (non-hydrogen) atoms. The van der Waals surface area contributed by atoms with E-state index in [1.54, 1.807) is 0 Å². The molecule has 0 spiro atoms. The molecule has 0 aromatic heterocycles. The Balaban J connectivity index is 2.51. The van der Waals surface area contributed by atoms with E-state index < -0.39 is 0 Å². The molecule has 1 aliphatic heterocycles. The predicted octanol–water partition coefficient (Wildman–Crippen LogP) is 1.20. The molecule has 1 saturated heterocycles. The van der Waals surface area contributed by atoms with Crippen LogP contribution >= 0.6 is 0 Å². The number of likely N-dealkylation sites (tertiary alicyclic amines) is 1. The van der Waals surface area contributed by atoms with Crippen LogP contribution < -0.4 is 0 Å². The van der Waals surface area contributed by atoms with Gasteiger partial charge >= 0.3 is 5.97 Å². The third-order valence-electron chi connectivity index (χ3n) is 2.46. The fourth-order valence-electron chi connectivity index (χ4n) is 1.71. The monoisotopic (exact) mass is 183 g/mol. The summed E-state index contributed by atoms with van der Waals surface area (Å²) in [7, 11) is 2.02. The van der Waals surface area contributed by atoms with Crippen LogP contribution in [0.15, 0.2) is 12.2 Å². The standard InChI is InChI=1S/C10H17NO2/c1-4-13-10(12)8(2)9-6-5-7-11(9)3/h9H,2,4-7H2,1,3H3/t9-/m0/s1. The molecule has 3 heteroatoms. The summed E-state index contributed by atoms with van der Waals surface area (Å²) in [6.45, 7) is 7.07. The molecule has 0 radical (unpaired) electrons. The van der Waals surface area contributed by atoms with Crippen molar-refractivity contribution in [3.8, 4) is 0 Å². The first kappa shape index (κ1) is 10.3. The topological polar surface area (TPSA) is 29.5 Å². The van der Waals surface area contributed by atoms with Gasteiger partial charge in [-0.25, -0.2) is 4.79 Å². The van der Waals surface area contributed by atoms with Crippen LogP contribution in [0.25, 0.3) is 0 Å². The lowest BCUT2D eigenvalue weighted by molar-refractivity contribution is -0.139. The molecular weight excluding hydrogens is 166 g/mol. The van der Waals surface area contributed by atoms with Gasteiger partial charge in [0.05, 0.1) is 6.61 Å². The summed E-state index contributed by atoms with van der Waals surface area (Å²) in [6, 6.07) is 0.194. The van der Waals surface area contributed by atoms with Crippen LogP contribution in [-0.4, -0.2) is 37.1 Å². The van der Waals surface area contributed by atoms with Crippen LogP contribution in [-0.2, 0) is 9.53 Å². The van der Waals surface area contributed by atoms with Gasteiger partial charge in [0.15, 0.2) is 0 Å². The van der Waals surface area contributed by atoms with Crippen molar-refractivity contribution in [2.45, 2.75) is 25.8 Å². The van der Waals surface area contributed by atoms with Crippen molar-refractivity contribution in [3.63, 3.8) is 0 Å². The Labute approximate surface area is 79.4 Å². The van der Waals surface area contributed by atoms with Gasteiger partial charge in [-0.2, -0.15) is 0 Å². The predicted molar refractivity (Wildman–Crippen MR) is 51.4 cm³/mol. The zero-order valence-electron chi connectivity index (χ0n) is 8.38. The van der Waals surface area contributed by atoms with E-state index in [0.717, 1.165) is 19.4 Å². The van der Waals surface area contributed by atoms with Crippen LogP contribution in [0.2, 0.25) is 0 Å². The molecule has 1 rings (SSSR count). The van der Waals surface area contributed by atoms with Gasteiger partial charge in [0.25, 0.3) is 0 Å². The van der Waals surface area contributed by atoms with E-state index in [-0.39, 0.29) is 12.0 Å². The first-order valence-corrected chi connectivity index (χ1v) is 4.73. The second-order valence-electron chi connectivity index (χ2n) is 3.38. The number of ether oxygens (including phenoxy) is 1. The number of nitrogens with zero attached hydrogens (tertiary/aromatic N) is 1. The van der Waals surface area contributed by atoms with Crippen molar-refractivity contribution in [3.05, 3.63) is 12.2 Å². The molecule has 1 aliphatic rings. The zero-order chi connectivity index (χ0) is 9.84. The average Bonchev–Trinajstić information content (AvgIpc) is 2.50. The van der Waals surface area contributed by atoms with Crippen LogP contribution in [0.4, 0.5) is 0 Å². The minimum absolute atomic E-state index is 0.194. The van der Waals surface area contributed by atoms with E-state index in [1.807, 2.05) is 14.0 Å². The summed E-state index contributed by atoms with van der Waals surface area (Å²) in [5, 5.41) is 0. The molecule has 0 N–H and O–H groups in total. The number of carbonyl (C=O) groups is 1. The Kier molecular flexibility index (Phi) is 3.48. The fraction of sp³-hybridized carbons (Fsp3) is 0.700. The Morgan fingerprint density at radius 1 is 1.69 bits per heavy atom. The Bertz CT molecular complexity index is 213. The smallest absolute Gasteiger partial charge is 0.335 e.